The maximum atomic E-state index is 13.5. The van der Waals surface area contributed by atoms with Crippen molar-refractivity contribution in [1.82, 2.24) is 10.3 Å². The summed E-state index contributed by atoms with van der Waals surface area (Å²) in [6.07, 6.45) is 3.11. The van der Waals surface area contributed by atoms with Crippen LogP contribution in [0.4, 0.5) is 4.39 Å². The fourth-order valence-corrected chi connectivity index (χ4v) is 3.42. The Balaban J connectivity index is 1.65. The number of nitrogens with two attached hydrogens (primary N) is 1. The summed E-state index contributed by atoms with van der Waals surface area (Å²) in [5.74, 6) is 5.29. The first-order valence-corrected chi connectivity index (χ1v) is 7.81. The van der Waals surface area contributed by atoms with Crippen molar-refractivity contribution in [3.8, 4) is 0 Å². The van der Waals surface area contributed by atoms with Crippen molar-refractivity contribution in [2.45, 2.75) is 37.5 Å². The monoisotopic (exact) mass is 313 g/mol. The molecule has 1 aromatic rings. The number of nitrogens with one attached hydrogen (secondary N) is 1. The molecule has 2 aliphatic heterocycles. The highest BCUT2D eigenvalue weighted by atomic mass is 35.5. The van der Waals surface area contributed by atoms with E-state index in [1.807, 2.05) is 6.07 Å². The van der Waals surface area contributed by atoms with Crippen molar-refractivity contribution in [1.29, 1.82) is 0 Å². The van der Waals surface area contributed by atoms with Crippen LogP contribution in [0.5, 0.6) is 0 Å². The van der Waals surface area contributed by atoms with Crippen LogP contribution < -0.4 is 11.3 Å². The molecule has 1 aromatic carbocycles. The summed E-state index contributed by atoms with van der Waals surface area (Å²) in [5.41, 5.74) is 3.69. The zero-order chi connectivity index (χ0) is 14.8. The first kappa shape index (κ1) is 15.2. The van der Waals surface area contributed by atoms with E-state index >= 15 is 0 Å². The third-order valence-electron chi connectivity index (χ3n) is 4.52. The summed E-state index contributed by atoms with van der Waals surface area (Å²) < 4.78 is 19.5. The Morgan fingerprint density at radius 2 is 2.38 bits per heavy atom. The summed E-state index contributed by atoms with van der Waals surface area (Å²) in [5, 5.41) is 0.143. The van der Waals surface area contributed by atoms with Gasteiger partial charge in [-0.2, -0.15) is 0 Å². The molecule has 0 saturated carbocycles. The van der Waals surface area contributed by atoms with Gasteiger partial charge in [0.2, 0.25) is 0 Å². The van der Waals surface area contributed by atoms with E-state index in [0.29, 0.717) is 12.5 Å². The SMILES string of the molecule is NNC(Cc1ccc(Cl)c(F)c1)C1CN2CCCC2CO1. The molecule has 3 rings (SSSR count). The van der Waals surface area contributed by atoms with Crippen LogP contribution in [0.2, 0.25) is 5.02 Å². The van der Waals surface area contributed by atoms with Crippen LogP contribution >= 0.6 is 11.6 Å². The van der Waals surface area contributed by atoms with Gasteiger partial charge in [-0.25, -0.2) is 4.39 Å². The molecule has 6 heteroatoms. The molecule has 2 fully saturated rings. The van der Waals surface area contributed by atoms with Gasteiger partial charge in [0.1, 0.15) is 5.82 Å². The minimum atomic E-state index is -0.394. The summed E-state index contributed by atoms with van der Waals surface area (Å²) >= 11 is 5.71. The van der Waals surface area contributed by atoms with E-state index in [4.69, 9.17) is 22.2 Å². The standard InChI is InChI=1S/C15H21ClFN3O/c16-12-4-3-10(6-13(12)17)7-14(19-18)15-8-20-5-1-2-11(20)9-21-15/h3-4,6,11,14-15,19H,1-2,5,7-9,18H2. The Hall–Kier alpha value is -0.720. The second-order valence-electron chi connectivity index (χ2n) is 5.89. The van der Waals surface area contributed by atoms with E-state index in [2.05, 4.69) is 10.3 Å². The molecule has 0 bridgehead atoms. The number of fused-ring (bicyclic) bond motifs is 1. The third kappa shape index (κ3) is 3.38. The Kier molecular flexibility index (Phi) is 4.76. The smallest absolute Gasteiger partial charge is 0.142 e. The van der Waals surface area contributed by atoms with Crippen LogP contribution in [0.1, 0.15) is 18.4 Å². The van der Waals surface area contributed by atoms with Gasteiger partial charge in [-0.05, 0) is 43.5 Å². The lowest BCUT2D eigenvalue weighted by Crippen LogP contribution is -2.56. The minimum absolute atomic E-state index is 0.0306. The van der Waals surface area contributed by atoms with Crippen LogP contribution in [0, 0.1) is 5.82 Å². The van der Waals surface area contributed by atoms with E-state index < -0.39 is 5.82 Å². The fourth-order valence-electron chi connectivity index (χ4n) is 3.30. The highest BCUT2D eigenvalue weighted by Gasteiger charge is 2.35. The average molecular weight is 314 g/mol. The topological polar surface area (TPSA) is 50.5 Å². The normalized spacial score (nSPS) is 27.6. The van der Waals surface area contributed by atoms with Crippen LogP contribution in [0.15, 0.2) is 18.2 Å². The largest absolute Gasteiger partial charge is 0.374 e. The second kappa shape index (κ2) is 6.58. The fraction of sp³-hybridized carbons (Fsp3) is 0.600. The van der Waals surface area contributed by atoms with Gasteiger partial charge in [0.05, 0.1) is 23.8 Å². The number of rotatable bonds is 4. The molecule has 0 aromatic heterocycles. The number of morpholine rings is 1. The summed E-state index contributed by atoms with van der Waals surface area (Å²) in [6, 6.07) is 5.41. The van der Waals surface area contributed by atoms with Crippen molar-refractivity contribution in [3.63, 3.8) is 0 Å². The predicted octanol–water partition coefficient (Wildman–Crippen LogP) is 1.72. The first-order valence-electron chi connectivity index (χ1n) is 7.43. The highest BCUT2D eigenvalue weighted by molar-refractivity contribution is 6.30. The van der Waals surface area contributed by atoms with Gasteiger partial charge in [0.15, 0.2) is 0 Å². The molecule has 2 aliphatic rings. The summed E-state index contributed by atoms with van der Waals surface area (Å²) in [7, 11) is 0. The Labute approximate surface area is 129 Å². The van der Waals surface area contributed by atoms with Gasteiger partial charge in [-0.1, -0.05) is 17.7 Å². The van der Waals surface area contributed by atoms with Gasteiger partial charge in [0, 0.05) is 12.6 Å². The van der Waals surface area contributed by atoms with Gasteiger partial charge in [-0.15, -0.1) is 0 Å². The highest BCUT2D eigenvalue weighted by Crippen LogP contribution is 2.25. The van der Waals surface area contributed by atoms with Crippen LogP contribution in [-0.4, -0.2) is 42.8 Å². The quantitative estimate of drug-likeness (QED) is 0.656. The molecule has 0 spiro atoms. The Bertz CT molecular complexity index is 502. The number of benzene rings is 1. The maximum Gasteiger partial charge on any atom is 0.142 e. The van der Waals surface area contributed by atoms with E-state index in [1.165, 1.54) is 18.9 Å². The Morgan fingerprint density at radius 1 is 1.52 bits per heavy atom. The first-order chi connectivity index (χ1) is 10.2. The lowest BCUT2D eigenvalue weighted by molar-refractivity contribution is -0.0644. The molecule has 3 N–H and O–H groups in total. The molecule has 3 unspecified atom stereocenters. The molecular formula is C15H21ClFN3O. The molecule has 3 atom stereocenters. The van der Waals surface area contributed by atoms with Gasteiger partial charge in [0.25, 0.3) is 0 Å². The molecule has 2 saturated heterocycles. The molecule has 116 valence electrons. The van der Waals surface area contributed by atoms with E-state index in [9.17, 15) is 4.39 Å². The average Bonchev–Trinajstić information content (AvgIpc) is 2.95. The predicted molar refractivity (Wildman–Crippen MR) is 80.6 cm³/mol. The van der Waals surface area contributed by atoms with Gasteiger partial charge in [-0.3, -0.25) is 16.2 Å². The zero-order valence-electron chi connectivity index (χ0n) is 11.9. The number of hydrogen-bond donors (Lipinski definition) is 2. The third-order valence-corrected chi connectivity index (χ3v) is 4.83. The molecular weight excluding hydrogens is 293 g/mol. The van der Waals surface area contributed by atoms with Crippen molar-refractivity contribution >= 4 is 11.6 Å². The summed E-state index contributed by atoms with van der Waals surface area (Å²) in [6.45, 7) is 2.78. The number of hydrazine groups is 1. The van der Waals surface area contributed by atoms with E-state index in [-0.39, 0.29) is 17.2 Å². The van der Waals surface area contributed by atoms with Crippen LogP contribution in [-0.2, 0) is 11.2 Å². The number of nitrogens with zero attached hydrogens (tertiary/aromatic N) is 1. The number of hydrogen-bond acceptors (Lipinski definition) is 4. The Morgan fingerprint density at radius 3 is 3.14 bits per heavy atom. The van der Waals surface area contributed by atoms with Crippen LogP contribution in [0.25, 0.3) is 0 Å². The molecule has 21 heavy (non-hydrogen) atoms. The van der Waals surface area contributed by atoms with Gasteiger partial charge < -0.3 is 4.74 Å². The van der Waals surface area contributed by atoms with Crippen molar-refractivity contribution in [2.24, 2.45) is 5.84 Å². The van der Waals surface area contributed by atoms with Crippen LogP contribution in [0.3, 0.4) is 0 Å². The molecule has 4 nitrogen and oxygen atoms in total. The van der Waals surface area contributed by atoms with Crippen molar-refractivity contribution in [3.05, 3.63) is 34.6 Å². The minimum Gasteiger partial charge on any atom is -0.374 e. The second-order valence-corrected chi connectivity index (χ2v) is 6.30. The number of halogens is 2. The molecule has 0 radical (unpaired) electrons. The lowest BCUT2D eigenvalue weighted by Gasteiger charge is -2.38. The zero-order valence-corrected chi connectivity index (χ0v) is 12.7. The van der Waals surface area contributed by atoms with Gasteiger partial charge >= 0.3 is 0 Å². The van der Waals surface area contributed by atoms with Crippen molar-refractivity contribution in [2.75, 3.05) is 19.7 Å². The van der Waals surface area contributed by atoms with E-state index in [0.717, 1.165) is 25.3 Å². The molecule has 2 heterocycles. The molecule has 0 aliphatic carbocycles. The maximum absolute atomic E-state index is 13.5. The van der Waals surface area contributed by atoms with Crippen molar-refractivity contribution < 1.29 is 9.13 Å². The lowest BCUT2D eigenvalue weighted by atomic mass is 10.00. The van der Waals surface area contributed by atoms with E-state index in [1.54, 1.807) is 6.07 Å². The molecule has 0 amide bonds. The summed E-state index contributed by atoms with van der Waals surface area (Å²) in [4.78, 5) is 2.47. The number of ether oxygens (including phenoxy) is 1.